The number of hydrogen-bond donors (Lipinski definition) is 2. The number of nitrogens with one attached hydrogen (secondary N) is 2. The molecule has 19 heavy (non-hydrogen) atoms. The standard InChI is InChI=1S/C13H30N4O.HI/c1-7-14-12(15-9-8-10-17(4)5)16-11-13(2,3)18-6;/h7-11H2,1-6H3,(H2,14,15,16);1H. The molecule has 5 nitrogen and oxygen atoms in total. The molecule has 0 unspecified atom stereocenters. The van der Waals surface area contributed by atoms with Crippen LogP contribution in [-0.2, 0) is 4.74 Å². The van der Waals surface area contributed by atoms with Crippen molar-refractivity contribution in [3.63, 3.8) is 0 Å². The molecule has 0 atom stereocenters. The summed E-state index contributed by atoms with van der Waals surface area (Å²) in [5.74, 6) is 0.862. The molecule has 0 aromatic rings. The van der Waals surface area contributed by atoms with Crippen LogP contribution in [-0.4, -0.2) is 63.8 Å². The quantitative estimate of drug-likeness (QED) is 0.288. The van der Waals surface area contributed by atoms with Gasteiger partial charge in [0.2, 0.25) is 0 Å². The van der Waals surface area contributed by atoms with Crippen LogP contribution in [0, 0.1) is 0 Å². The van der Waals surface area contributed by atoms with Crippen molar-refractivity contribution >= 4 is 29.9 Å². The SMILES string of the molecule is CCNC(=NCC(C)(C)OC)NCCCN(C)C.I. The van der Waals surface area contributed by atoms with Crippen LogP contribution in [0.5, 0.6) is 0 Å². The first-order chi connectivity index (χ1) is 8.41. The lowest BCUT2D eigenvalue weighted by atomic mass is 10.1. The fourth-order valence-corrected chi connectivity index (χ4v) is 1.28. The first-order valence-electron chi connectivity index (χ1n) is 6.63. The van der Waals surface area contributed by atoms with Gasteiger partial charge >= 0.3 is 0 Å². The van der Waals surface area contributed by atoms with Crippen molar-refractivity contribution in [1.82, 2.24) is 15.5 Å². The average molecular weight is 386 g/mol. The van der Waals surface area contributed by atoms with Crippen molar-refractivity contribution in [2.75, 3.05) is 47.4 Å². The monoisotopic (exact) mass is 386 g/mol. The number of halogens is 1. The summed E-state index contributed by atoms with van der Waals surface area (Å²) in [6.07, 6.45) is 1.10. The molecule has 0 saturated carbocycles. The summed E-state index contributed by atoms with van der Waals surface area (Å²) in [5, 5.41) is 6.57. The van der Waals surface area contributed by atoms with Gasteiger partial charge in [-0.05, 0) is 47.8 Å². The van der Waals surface area contributed by atoms with Crippen molar-refractivity contribution in [3.8, 4) is 0 Å². The number of ether oxygens (including phenoxy) is 1. The van der Waals surface area contributed by atoms with Gasteiger partial charge in [0.25, 0.3) is 0 Å². The van der Waals surface area contributed by atoms with Crippen molar-refractivity contribution in [3.05, 3.63) is 0 Å². The van der Waals surface area contributed by atoms with Gasteiger partial charge in [0, 0.05) is 20.2 Å². The lowest BCUT2D eigenvalue weighted by Crippen LogP contribution is -2.40. The third-order valence-electron chi connectivity index (χ3n) is 2.59. The van der Waals surface area contributed by atoms with E-state index < -0.39 is 0 Å². The Balaban J connectivity index is 0. The number of methoxy groups -OCH3 is 1. The molecule has 2 N–H and O–H groups in total. The molecule has 6 heteroatoms. The first kappa shape index (κ1) is 21.2. The van der Waals surface area contributed by atoms with Crippen LogP contribution in [0.15, 0.2) is 4.99 Å². The van der Waals surface area contributed by atoms with Gasteiger partial charge in [-0.3, -0.25) is 4.99 Å². The van der Waals surface area contributed by atoms with E-state index in [0.29, 0.717) is 6.54 Å². The van der Waals surface area contributed by atoms with E-state index in [2.05, 4.69) is 41.5 Å². The summed E-state index contributed by atoms with van der Waals surface area (Å²) >= 11 is 0. The maximum atomic E-state index is 5.35. The third kappa shape index (κ3) is 12.7. The molecule has 0 amide bonds. The minimum atomic E-state index is -0.216. The highest BCUT2D eigenvalue weighted by atomic mass is 127. The van der Waals surface area contributed by atoms with Crippen molar-refractivity contribution in [1.29, 1.82) is 0 Å². The van der Waals surface area contributed by atoms with Crippen molar-refractivity contribution in [2.24, 2.45) is 4.99 Å². The maximum Gasteiger partial charge on any atom is 0.191 e. The molecule has 0 spiro atoms. The Bertz CT molecular complexity index is 245. The van der Waals surface area contributed by atoms with Crippen LogP contribution in [0.3, 0.4) is 0 Å². The Labute approximate surface area is 135 Å². The predicted octanol–water partition coefficient (Wildman–Crippen LogP) is 1.54. The van der Waals surface area contributed by atoms with Gasteiger partial charge < -0.3 is 20.3 Å². The molecule has 0 aliphatic heterocycles. The third-order valence-corrected chi connectivity index (χ3v) is 2.59. The Morgan fingerprint density at radius 2 is 1.89 bits per heavy atom. The Morgan fingerprint density at radius 1 is 1.26 bits per heavy atom. The predicted molar refractivity (Wildman–Crippen MR) is 93.7 cm³/mol. The molecule has 0 aliphatic carbocycles. The molecule has 0 aromatic carbocycles. The normalized spacial score (nSPS) is 12.3. The van der Waals surface area contributed by atoms with Crippen LogP contribution in [0.2, 0.25) is 0 Å². The second kappa shape index (κ2) is 11.7. The highest BCUT2D eigenvalue weighted by Gasteiger charge is 2.15. The van der Waals surface area contributed by atoms with Crippen LogP contribution in [0.4, 0.5) is 0 Å². The lowest BCUT2D eigenvalue weighted by Gasteiger charge is -2.21. The molecule has 0 fully saturated rings. The number of nitrogens with zero attached hydrogens (tertiary/aromatic N) is 2. The van der Waals surface area contributed by atoms with Crippen LogP contribution in [0.25, 0.3) is 0 Å². The highest BCUT2D eigenvalue weighted by molar-refractivity contribution is 14.0. The van der Waals surface area contributed by atoms with Gasteiger partial charge in [-0.1, -0.05) is 0 Å². The second-order valence-electron chi connectivity index (χ2n) is 5.24. The van der Waals surface area contributed by atoms with E-state index >= 15 is 0 Å². The number of aliphatic imine (C=N–C) groups is 1. The fraction of sp³-hybridized carbons (Fsp3) is 0.923. The van der Waals surface area contributed by atoms with Crippen LogP contribution < -0.4 is 10.6 Å². The van der Waals surface area contributed by atoms with Gasteiger partial charge in [-0.15, -0.1) is 24.0 Å². The smallest absolute Gasteiger partial charge is 0.191 e. The molecule has 0 rings (SSSR count). The minimum Gasteiger partial charge on any atom is -0.377 e. The van der Waals surface area contributed by atoms with Gasteiger partial charge in [-0.25, -0.2) is 0 Å². The molecular formula is C13H31IN4O. The summed E-state index contributed by atoms with van der Waals surface area (Å²) in [4.78, 5) is 6.71. The summed E-state index contributed by atoms with van der Waals surface area (Å²) in [6.45, 7) is 9.66. The van der Waals surface area contributed by atoms with Gasteiger partial charge in [0.1, 0.15) is 0 Å². The van der Waals surface area contributed by atoms with E-state index in [4.69, 9.17) is 4.74 Å². The zero-order valence-corrected chi connectivity index (χ0v) is 15.6. The van der Waals surface area contributed by atoms with Crippen LogP contribution in [0.1, 0.15) is 27.2 Å². The zero-order chi connectivity index (χ0) is 14.0. The fourth-order valence-electron chi connectivity index (χ4n) is 1.28. The molecule has 0 radical (unpaired) electrons. The topological polar surface area (TPSA) is 48.9 Å². The molecule has 0 heterocycles. The summed E-state index contributed by atoms with van der Waals surface area (Å²) < 4.78 is 5.35. The highest BCUT2D eigenvalue weighted by Crippen LogP contribution is 2.06. The molecule has 0 aliphatic rings. The van der Waals surface area contributed by atoms with Crippen molar-refractivity contribution in [2.45, 2.75) is 32.8 Å². The Kier molecular flexibility index (Phi) is 13.1. The van der Waals surface area contributed by atoms with E-state index in [9.17, 15) is 0 Å². The first-order valence-corrected chi connectivity index (χ1v) is 6.63. The number of rotatable bonds is 8. The zero-order valence-electron chi connectivity index (χ0n) is 13.2. The van der Waals surface area contributed by atoms with E-state index in [1.54, 1.807) is 7.11 Å². The van der Waals surface area contributed by atoms with Gasteiger partial charge in [-0.2, -0.15) is 0 Å². The van der Waals surface area contributed by atoms with Gasteiger partial charge in [0.05, 0.1) is 12.1 Å². The van der Waals surface area contributed by atoms with Gasteiger partial charge in [0.15, 0.2) is 5.96 Å². The molecular weight excluding hydrogens is 355 g/mol. The van der Waals surface area contributed by atoms with E-state index in [1.807, 2.05) is 13.8 Å². The van der Waals surface area contributed by atoms with E-state index in [1.165, 1.54) is 0 Å². The van der Waals surface area contributed by atoms with E-state index in [-0.39, 0.29) is 29.6 Å². The van der Waals surface area contributed by atoms with Crippen LogP contribution >= 0.6 is 24.0 Å². The van der Waals surface area contributed by atoms with E-state index in [0.717, 1.165) is 32.0 Å². The number of hydrogen-bond acceptors (Lipinski definition) is 3. The average Bonchev–Trinajstić information content (AvgIpc) is 2.31. The number of guanidine groups is 1. The molecule has 0 aromatic heterocycles. The summed E-state index contributed by atoms with van der Waals surface area (Å²) in [7, 11) is 5.88. The Morgan fingerprint density at radius 3 is 2.37 bits per heavy atom. The summed E-state index contributed by atoms with van der Waals surface area (Å²) in [6, 6.07) is 0. The molecule has 116 valence electrons. The maximum absolute atomic E-state index is 5.35. The molecule has 0 bridgehead atoms. The Hall–Kier alpha value is -0.0800. The largest absolute Gasteiger partial charge is 0.377 e. The minimum absolute atomic E-state index is 0. The lowest BCUT2D eigenvalue weighted by molar-refractivity contribution is 0.0310. The second-order valence-corrected chi connectivity index (χ2v) is 5.24. The summed E-state index contributed by atoms with van der Waals surface area (Å²) in [5.41, 5.74) is -0.216. The van der Waals surface area contributed by atoms with Crippen molar-refractivity contribution < 1.29 is 4.74 Å². The molecule has 0 saturated heterocycles.